The molecule has 0 atom stereocenters. The largest absolute Gasteiger partial charge is 0.416 e. The molecule has 0 amide bonds. The van der Waals surface area contributed by atoms with Gasteiger partial charge in [-0.25, -0.2) is 0 Å². The van der Waals surface area contributed by atoms with Gasteiger partial charge in [0.25, 0.3) is 0 Å². The molecule has 0 bridgehead atoms. The highest BCUT2D eigenvalue weighted by molar-refractivity contribution is 5.54. The van der Waals surface area contributed by atoms with Gasteiger partial charge in [-0.2, -0.15) is 13.2 Å². The Kier molecular flexibility index (Phi) is 3.24. The Morgan fingerprint density at radius 2 is 1.87 bits per heavy atom. The van der Waals surface area contributed by atoms with Gasteiger partial charge in [-0.05, 0) is 18.2 Å². The Labute approximate surface area is 85.9 Å². The third-order valence-corrected chi connectivity index (χ3v) is 2.06. The average molecular weight is 219 g/mol. The van der Waals surface area contributed by atoms with Crippen molar-refractivity contribution in [3.05, 3.63) is 29.3 Å². The van der Waals surface area contributed by atoms with Gasteiger partial charge in [0.15, 0.2) is 0 Å². The summed E-state index contributed by atoms with van der Waals surface area (Å²) in [6.07, 6.45) is -4.37. The molecule has 0 fully saturated rings. The summed E-state index contributed by atoms with van der Waals surface area (Å²) in [5.41, 5.74) is 0.123. The molecule has 0 aliphatic heterocycles. The molecule has 0 aliphatic rings. The van der Waals surface area contributed by atoms with Crippen LogP contribution in [-0.4, -0.2) is 19.2 Å². The highest BCUT2D eigenvalue weighted by Crippen LogP contribution is 2.32. The monoisotopic (exact) mass is 219 g/mol. The number of benzene rings is 1. The van der Waals surface area contributed by atoms with E-state index < -0.39 is 18.3 Å². The van der Waals surface area contributed by atoms with Crippen LogP contribution in [0.5, 0.6) is 0 Å². The Bertz CT molecular complexity index is 347. The molecule has 0 unspecified atom stereocenters. The van der Waals surface area contributed by atoms with E-state index in [0.717, 1.165) is 12.1 Å². The molecule has 1 aromatic carbocycles. The van der Waals surface area contributed by atoms with Crippen LogP contribution >= 0.6 is 0 Å². The Morgan fingerprint density at radius 3 is 2.27 bits per heavy atom. The molecule has 0 aromatic heterocycles. The zero-order valence-electron chi connectivity index (χ0n) is 8.47. The van der Waals surface area contributed by atoms with Gasteiger partial charge in [-0.1, -0.05) is 0 Å². The van der Waals surface area contributed by atoms with Crippen LogP contribution < -0.4 is 4.90 Å². The predicted molar refractivity (Wildman–Crippen MR) is 51.7 cm³/mol. The van der Waals surface area contributed by atoms with E-state index >= 15 is 0 Å². The van der Waals surface area contributed by atoms with Gasteiger partial charge in [-0.15, -0.1) is 0 Å². The number of alkyl halides is 3. The summed E-state index contributed by atoms with van der Waals surface area (Å²) in [6.45, 7) is -0.405. The maximum Gasteiger partial charge on any atom is 0.416 e. The fraction of sp³-hybridized carbons (Fsp3) is 0.400. The first-order chi connectivity index (χ1) is 6.86. The third kappa shape index (κ3) is 2.62. The van der Waals surface area contributed by atoms with E-state index in [9.17, 15) is 13.2 Å². The van der Waals surface area contributed by atoms with E-state index in [1.54, 1.807) is 19.0 Å². The van der Waals surface area contributed by atoms with Crippen molar-refractivity contribution in [2.24, 2.45) is 0 Å². The summed E-state index contributed by atoms with van der Waals surface area (Å²) in [5.74, 6) is 0. The fourth-order valence-corrected chi connectivity index (χ4v) is 1.32. The van der Waals surface area contributed by atoms with Crippen molar-refractivity contribution in [3.8, 4) is 0 Å². The van der Waals surface area contributed by atoms with Crippen molar-refractivity contribution in [2.45, 2.75) is 12.8 Å². The maximum atomic E-state index is 12.3. The number of halogens is 3. The smallest absolute Gasteiger partial charge is 0.392 e. The molecular formula is C10H12F3NO. The fourth-order valence-electron chi connectivity index (χ4n) is 1.32. The normalized spacial score (nSPS) is 11.6. The van der Waals surface area contributed by atoms with Crippen LogP contribution in [0, 0.1) is 0 Å². The minimum absolute atomic E-state index is 0.273. The predicted octanol–water partition coefficient (Wildman–Crippen LogP) is 2.26. The summed E-state index contributed by atoms with van der Waals surface area (Å²) in [4.78, 5) is 1.66. The van der Waals surface area contributed by atoms with Gasteiger partial charge in [0.2, 0.25) is 0 Å². The number of anilines is 1. The first kappa shape index (κ1) is 11.8. The first-order valence-corrected chi connectivity index (χ1v) is 4.34. The van der Waals surface area contributed by atoms with Crippen molar-refractivity contribution >= 4 is 5.69 Å². The van der Waals surface area contributed by atoms with E-state index in [2.05, 4.69) is 0 Å². The second kappa shape index (κ2) is 4.10. The van der Waals surface area contributed by atoms with Gasteiger partial charge in [0, 0.05) is 25.3 Å². The summed E-state index contributed by atoms with van der Waals surface area (Å²) in [6, 6.07) is 3.33. The van der Waals surface area contributed by atoms with E-state index in [-0.39, 0.29) is 5.56 Å². The van der Waals surface area contributed by atoms with E-state index in [4.69, 9.17) is 5.11 Å². The molecule has 15 heavy (non-hydrogen) atoms. The molecule has 0 saturated heterocycles. The van der Waals surface area contributed by atoms with Crippen molar-refractivity contribution in [1.82, 2.24) is 0 Å². The van der Waals surface area contributed by atoms with Gasteiger partial charge < -0.3 is 10.0 Å². The van der Waals surface area contributed by atoms with Crippen LogP contribution in [0.1, 0.15) is 11.1 Å². The zero-order chi connectivity index (χ0) is 11.6. The molecule has 0 heterocycles. The van der Waals surface area contributed by atoms with E-state index in [1.165, 1.54) is 6.07 Å². The van der Waals surface area contributed by atoms with Crippen molar-refractivity contribution < 1.29 is 18.3 Å². The minimum Gasteiger partial charge on any atom is -0.392 e. The van der Waals surface area contributed by atoms with Crippen LogP contribution in [0.25, 0.3) is 0 Å². The summed E-state index contributed by atoms with van der Waals surface area (Å²) >= 11 is 0. The number of nitrogens with zero attached hydrogens (tertiary/aromatic N) is 1. The van der Waals surface area contributed by atoms with Crippen molar-refractivity contribution in [2.75, 3.05) is 19.0 Å². The van der Waals surface area contributed by atoms with E-state index in [1.807, 2.05) is 0 Å². The van der Waals surface area contributed by atoms with Gasteiger partial charge in [0.1, 0.15) is 0 Å². The molecular weight excluding hydrogens is 207 g/mol. The lowest BCUT2D eigenvalue weighted by atomic mass is 10.1. The van der Waals surface area contributed by atoms with E-state index in [0.29, 0.717) is 5.69 Å². The van der Waals surface area contributed by atoms with Gasteiger partial charge >= 0.3 is 6.18 Å². The highest BCUT2D eigenvalue weighted by atomic mass is 19.4. The first-order valence-electron chi connectivity index (χ1n) is 4.34. The Balaban J connectivity index is 3.19. The lowest BCUT2D eigenvalue weighted by Gasteiger charge is -2.18. The standard InChI is InChI=1S/C10H12F3NO/c1-14(2)9-4-3-8(10(11,12)13)5-7(9)6-15/h3-5,15H,6H2,1-2H3. The summed E-state index contributed by atoms with van der Waals surface area (Å²) in [7, 11) is 3.42. The molecule has 0 radical (unpaired) electrons. The molecule has 5 heteroatoms. The number of aliphatic hydroxyl groups excluding tert-OH is 1. The second-order valence-electron chi connectivity index (χ2n) is 3.39. The van der Waals surface area contributed by atoms with Crippen LogP contribution in [0.4, 0.5) is 18.9 Å². The molecule has 1 N–H and O–H groups in total. The lowest BCUT2D eigenvalue weighted by molar-refractivity contribution is -0.137. The Hall–Kier alpha value is -1.23. The molecule has 2 nitrogen and oxygen atoms in total. The molecule has 0 aliphatic carbocycles. The molecule has 0 saturated carbocycles. The molecule has 1 aromatic rings. The average Bonchev–Trinajstić information content (AvgIpc) is 2.15. The third-order valence-electron chi connectivity index (χ3n) is 2.06. The second-order valence-corrected chi connectivity index (χ2v) is 3.39. The van der Waals surface area contributed by atoms with Crippen LogP contribution in [0.15, 0.2) is 18.2 Å². The molecule has 0 spiro atoms. The lowest BCUT2D eigenvalue weighted by Crippen LogP contribution is -2.13. The van der Waals surface area contributed by atoms with Crippen molar-refractivity contribution in [3.63, 3.8) is 0 Å². The van der Waals surface area contributed by atoms with Crippen LogP contribution in [-0.2, 0) is 12.8 Å². The summed E-state index contributed by atoms with van der Waals surface area (Å²) in [5, 5.41) is 8.96. The van der Waals surface area contributed by atoms with Crippen LogP contribution in [0.2, 0.25) is 0 Å². The van der Waals surface area contributed by atoms with Gasteiger partial charge in [-0.3, -0.25) is 0 Å². The maximum absolute atomic E-state index is 12.3. The SMILES string of the molecule is CN(C)c1ccc(C(F)(F)F)cc1CO. The number of rotatable bonds is 2. The number of hydrogen-bond donors (Lipinski definition) is 1. The van der Waals surface area contributed by atoms with Crippen LogP contribution in [0.3, 0.4) is 0 Å². The number of aliphatic hydroxyl groups is 1. The molecule has 1 rings (SSSR count). The molecule has 84 valence electrons. The quantitative estimate of drug-likeness (QED) is 0.824. The van der Waals surface area contributed by atoms with Crippen molar-refractivity contribution in [1.29, 1.82) is 0 Å². The minimum atomic E-state index is -4.37. The number of hydrogen-bond acceptors (Lipinski definition) is 2. The topological polar surface area (TPSA) is 23.5 Å². The zero-order valence-corrected chi connectivity index (χ0v) is 8.47. The summed E-state index contributed by atoms with van der Waals surface area (Å²) < 4.78 is 37.0. The highest BCUT2D eigenvalue weighted by Gasteiger charge is 2.30. The Morgan fingerprint density at radius 1 is 1.27 bits per heavy atom. The van der Waals surface area contributed by atoms with Gasteiger partial charge in [0.05, 0.1) is 12.2 Å².